The first-order chi connectivity index (χ1) is 17.5. The summed E-state index contributed by atoms with van der Waals surface area (Å²) in [6.07, 6.45) is 1.76. The molecule has 2 atom stereocenters. The van der Waals surface area contributed by atoms with E-state index in [9.17, 15) is 31.5 Å². The lowest BCUT2D eigenvalue weighted by molar-refractivity contribution is -0.117. The van der Waals surface area contributed by atoms with Gasteiger partial charge in [0, 0.05) is 30.5 Å². The Kier molecular flexibility index (Phi) is 8.20. The summed E-state index contributed by atoms with van der Waals surface area (Å²) in [5.41, 5.74) is -1.57. The average molecular weight is 562 g/mol. The van der Waals surface area contributed by atoms with Gasteiger partial charge in [-0.25, -0.2) is 21.6 Å². The van der Waals surface area contributed by atoms with Gasteiger partial charge in [0.1, 0.15) is 0 Å². The van der Waals surface area contributed by atoms with E-state index in [1.807, 2.05) is 0 Å². The molecule has 0 aromatic heterocycles. The third-order valence-corrected chi connectivity index (χ3v) is 9.97. The maximum atomic E-state index is 13.6. The summed E-state index contributed by atoms with van der Waals surface area (Å²) < 4.78 is 78.0. The van der Waals surface area contributed by atoms with E-state index in [1.54, 1.807) is 7.11 Å². The van der Waals surface area contributed by atoms with Gasteiger partial charge in [-0.3, -0.25) is 4.79 Å². The average Bonchev–Trinajstić information content (AvgIpc) is 3.00. The van der Waals surface area contributed by atoms with Gasteiger partial charge in [-0.15, -0.1) is 0 Å². The molecule has 0 heterocycles. The minimum Gasteiger partial charge on any atom is -0.387 e. The van der Waals surface area contributed by atoms with Crippen LogP contribution in [0.4, 0.5) is 18.9 Å². The number of sulfone groups is 1. The Morgan fingerprint density at radius 3 is 2.32 bits per heavy atom. The van der Waals surface area contributed by atoms with E-state index in [4.69, 9.17) is 21.1 Å². The maximum Gasteiger partial charge on any atom is 0.255 e. The van der Waals surface area contributed by atoms with Gasteiger partial charge in [-0.05, 0) is 55.7 Å². The largest absolute Gasteiger partial charge is 0.387 e. The fraction of sp³-hybridized carbons (Fsp3) is 0.480. The number of aliphatic hydroxyl groups is 1. The molecule has 2 fully saturated rings. The second-order valence-corrected chi connectivity index (χ2v) is 12.1. The zero-order valence-electron chi connectivity index (χ0n) is 20.0. The molecule has 202 valence electrons. The number of nitrogens with one attached hydrogen (secondary N) is 1. The highest BCUT2D eigenvalue weighted by molar-refractivity contribution is 7.92. The lowest BCUT2D eigenvalue weighted by Gasteiger charge is -2.42. The first-order valence-corrected chi connectivity index (χ1v) is 13.7. The van der Waals surface area contributed by atoms with Gasteiger partial charge in [0.05, 0.1) is 40.6 Å². The van der Waals surface area contributed by atoms with Crippen LogP contribution >= 0.6 is 11.6 Å². The van der Waals surface area contributed by atoms with Crippen molar-refractivity contribution in [3.05, 3.63) is 58.4 Å². The van der Waals surface area contributed by atoms with Gasteiger partial charge in [0.15, 0.2) is 27.3 Å². The first kappa shape index (κ1) is 27.8. The highest BCUT2D eigenvalue weighted by atomic mass is 35.5. The Bertz CT molecular complexity index is 1250. The zero-order valence-corrected chi connectivity index (χ0v) is 21.5. The van der Waals surface area contributed by atoms with Crippen molar-refractivity contribution in [2.75, 3.05) is 32.2 Å². The quantitative estimate of drug-likeness (QED) is 0.348. The molecule has 2 aromatic carbocycles. The molecule has 4 rings (SSSR count). The van der Waals surface area contributed by atoms with E-state index in [1.165, 1.54) is 12.1 Å². The smallest absolute Gasteiger partial charge is 0.255 e. The second-order valence-electron chi connectivity index (χ2n) is 9.50. The van der Waals surface area contributed by atoms with Gasteiger partial charge < -0.3 is 19.9 Å². The van der Waals surface area contributed by atoms with Crippen molar-refractivity contribution in [2.45, 2.75) is 41.4 Å². The Balaban J connectivity index is 1.53. The molecule has 0 spiro atoms. The molecule has 2 aliphatic rings. The molecule has 2 N–H and O–H groups in total. The van der Waals surface area contributed by atoms with Crippen molar-refractivity contribution >= 4 is 33.0 Å². The molecule has 2 unspecified atom stereocenters. The maximum absolute atomic E-state index is 13.6. The van der Waals surface area contributed by atoms with Gasteiger partial charge in [0.2, 0.25) is 0 Å². The number of amides is 1. The van der Waals surface area contributed by atoms with Gasteiger partial charge >= 0.3 is 0 Å². The van der Waals surface area contributed by atoms with E-state index in [0.29, 0.717) is 38.2 Å². The van der Waals surface area contributed by atoms with E-state index in [0.717, 1.165) is 6.07 Å². The molecular formula is C25H27ClF3NO6S. The predicted octanol–water partition coefficient (Wildman–Crippen LogP) is 4.37. The number of halogens is 4. The summed E-state index contributed by atoms with van der Waals surface area (Å²) >= 11 is 6.23. The molecule has 0 aliphatic heterocycles. The van der Waals surface area contributed by atoms with Crippen LogP contribution in [0.5, 0.6) is 0 Å². The van der Waals surface area contributed by atoms with Crippen LogP contribution in [-0.2, 0) is 19.3 Å². The van der Waals surface area contributed by atoms with Crippen LogP contribution in [0.1, 0.15) is 36.0 Å². The number of hydrogen-bond acceptors (Lipinski definition) is 6. The van der Waals surface area contributed by atoms with Crippen LogP contribution in [0.15, 0.2) is 35.2 Å². The Hall–Kier alpha value is -2.18. The molecule has 12 heteroatoms. The summed E-state index contributed by atoms with van der Waals surface area (Å²) in [7, 11) is -2.45. The van der Waals surface area contributed by atoms with E-state index < -0.39 is 44.0 Å². The van der Waals surface area contributed by atoms with Gasteiger partial charge in [0.25, 0.3) is 5.91 Å². The number of rotatable bonds is 9. The standard InChI is InChI=1S/C25H27ClF3NO6S/c1-35-6-7-36-13-25(32)15-3-4-16(25)10-18(9-15)37(33,34)22-8-14(2-5-19(22)26)24(31)30-17-11-20(27)23(29)21(28)12-17/h2,5,8,11-12,15-16,18,32H,3-4,6-7,9-10,13H2,1H3,(H,30,31). The van der Waals surface area contributed by atoms with E-state index in [-0.39, 0.29) is 52.5 Å². The highest BCUT2D eigenvalue weighted by Gasteiger charge is 2.55. The number of methoxy groups -OCH3 is 1. The van der Waals surface area contributed by atoms with E-state index in [2.05, 4.69) is 5.32 Å². The Morgan fingerprint density at radius 1 is 1.11 bits per heavy atom. The van der Waals surface area contributed by atoms with Crippen molar-refractivity contribution in [2.24, 2.45) is 11.8 Å². The molecule has 37 heavy (non-hydrogen) atoms. The second kappa shape index (κ2) is 10.9. The van der Waals surface area contributed by atoms with Crippen molar-refractivity contribution < 1.29 is 41.0 Å². The number of carbonyl (C=O) groups is 1. The summed E-state index contributed by atoms with van der Waals surface area (Å²) in [5, 5.41) is 12.6. The summed E-state index contributed by atoms with van der Waals surface area (Å²) in [4.78, 5) is 12.4. The molecule has 0 saturated heterocycles. The lowest BCUT2D eigenvalue weighted by atomic mass is 9.75. The van der Waals surface area contributed by atoms with Crippen LogP contribution in [0.2, 0.25) is 5.02 Å². The van der Waals surface area contributed by atoms with Gasteiger partial charge in [-0.2, -0.15) is 0 Å². The van der Waals surface area contributed by atoms with Gasteiger partial charge in [-0.1, -0.05) is 11.6 Å². The normalized spacial score (nSPS) is 25.3. The van der Waals surface area contributed by atoms with E-state index >= 15 is 0 Å². The molecule has 1 amide bonds. The highest BCUT2D eigenvalue weighted by Crippen LogP contribution is 2.52. The predicted molar refractivity (Wildman–Crippen MR) is 130 cm³/mol. The van der Waals surface area contributed by atoms with Crippen molar-refractivity contribution in [3.8, 4) is 0 Å². The SMILES string of the molecule is COCCOCC1(O)C2CCC1CC(S(=O)(=O)c1cc(C(=O)Nc3cc(F)c(F)c(F)c3)ccc1Cl)C2. The van der Waals surface area contributed by atoms with Crippen molar-refractivity contribution in [3.63, 3.8) is 0 Å². The minimum absolute atomic E-state index is 0.0773. The molecule has 2 aromatic rings. The molecular weight excluding hydrogens is 535 g/mol. The molecule has 2 saturated carbocycles. The molecule has 2 bridgehead atoms. The third-order valence-electron chi connectivity index (χ3n) is 7.32. The number of ether oxygens (including phenoxy) is 2. The lowest BCUT2D eigenvalue weighted by Crippen LogP contribution is -2.51. The van der Waals surface area contributed by atoms with Crippen LogP contribution in [0, 0.1) is 29.3 Å². The monoisotopic (exact) mass is 561 g/mol. The van der Waals surface area contributed by atoms with Crippen molar-refractivity contribution in [1.82, 2.24) is 0 Å². The minimum atomic E-state index is -4.00. The fourth-order valence-electron chi connectivity index (χ4n) is 5.35. The van der Waals surface area contributed by atoms with Crippen LogP contribution in [0.3, 0.4) is 0 Å². The number of fused-ring (bicyclic) bond motifs is 2. The van der Waals surface area contributed by atoms with Crippen molar-refractivity contribution in [1.29, 1.82) is 0 Å². The summed E-state index contributed by atoms with van der Waals surface area (Å²) in [6.45, 7) is 0.803. The summed E-state index contributed by atoms with van der Waals surface area (Å²) in [6, 6.07) is 4.86. The summed E-state index contributed by atoms with van der Waals surface area (Å²) in [5.74, 6) is -6.04. The van der Waals surface area contributed by atoms with Crippen LogP contribution < -0.4 is 5.32 Å². The zero-order chi connectivity index (χ0) is 27.0. The molecule has 2 aliphatic carbocycles. The first-order valence-electron chi connectivity index (χ1n) is 11.8. The Morgan fingerprint density at radius 2 is 1.73 bits per heavy atom. The third kappa shape index (κ3) is 5.51. The fourth-order valence-corrected chi connectivity index (χ4v) is 7.75. The number of benzene rings is 2. The topological polar surface area (TPSA) is 102 Å². The van der Waals surface area contributed by atoms with Crippen LogP contribution in [-0.4, -0.2) is 57.2 Å². The number of anilines is 1. The Labute approximate surface area is 217 Å². The molecule has 7 nitrogen and oxygen atoms in total. The van der Waals surface area contributed by atoms with Crippen LogP contribution in [0.25, 0.3) is 0 Å². The number of hydrogen-bond donors (Lipinski definition) is 2. The number of carbonyl (C=O) groups excluding carboxylic acids is 1. The molecule has 0 radical (unpaired) electrons.